The van der Waals surface area contributed by atoms with Gasteiger partial charge in [-0.1, -0.05) is 36.8 Å². The molecule has 1 aromatic rings. The lowest BCUT2D eigenvalue weighted by molar-refractivity contribution is 0.240. The van der Waals surface area contributed by atoms with Crippen LogP contribution in [-0.2, 0) is 5.41 Å². The molecule has 0 aliphatic heterocycles. The third-order valence-corrected chi connectivity index (χ3v) is 5.90. The molecule has 1 atom stereocenters. The van der Waals surface area contributed by atoms with E-state index in [2.05, 4.69) is 64.8 Å². The number of nitrogens with one attached hydrogen (secondary N) is 2. The van der Waals surface area contributed by atoms with Gasteiger partial charge in [-0.25, -0.2) is 0 Å². The topological polar surface area (TPSA) is 39.7 Å². The smallest absolute Gasteiger partial charge is 0.191 e. The van der Waals surface area contributed by atoms with Gasteiger partial charge in [-0.05, 0) is 45.2 Å². The SMILES string of the molecule is CN=C(NCC(C)N(C)C1CC1)NCC1(c2ccccc2)CCC1.I. The number of benzene rings is 1. The normalized spacial score (nSPS) is 20.4. The summed E-state index contributed by atoms with van der Waals surface area (Å²) in [6, 6.07) is 12.3. The van der Waals surface area contributed by atoms with Crippen molar-refractivity contribution < 1.29 is 0 Å². The average molecular weight is 456 g/mol. The molecule has 0 spiro atoms. The number of aliphatic imine (C=N–C) groups is 1. The van der Waals surface area contributed by atoms with E-state index < -0.39 is 0 Å². The molecular formula is C20H33IN4. The van der Waals surface area contributed by atoms with Crippen LogP contribution in [-0.4, -0.2) is 50.1 Å². The summed E-state index contributed by atoms with van der Waals surface area (Å²) in [6.07, 6.45) is 6.57. The summed E-state index contributed by atoms with van der Waals surface area (Å²) in [4.78, 5) is 6.89. The minimum Gasteiger partial charge on any atom is -0.356 e. The summed E-state index contributed by atoms with van der Waals surface area (Å²) >= 11 is 0. The predicted octanol–water partition coefficient (Wildman–Crippen LogP) is 3.37. The van der Waals surface area contributed by atoms with E-state index in [-0.39, 0.29) is 29.4 Å². The minimum atomic E-state index is 0. The molecule has 2 aliphatic rings. The number of nitrogens with zero attached hydrogens (tertiary/aromatic N) is 2. The summed E-state index contributed by atoms with van der Waals surface area (Å²) in [5, 5.41) is 7.07. The van der Waals surface area contributed by atoms with Crippen molar-refractivity contribution >= 4 is 29.9 Å². The Kier molecular flexibility index (Phi) is 7.55. The first-order valence-corrected chi connectivity index (χ1v) is 9.36. The van der Waals surface area contributed by atoms with Crippen LogP contribution >= 0.6 is 24.0 Å². The van der Waals surface area contributed by atoms with Crippen LogP contribution in [0.5, 0.6) is 0 Å². The first-order valence-electron chi connectivity index (χ1n) is 9.36. The molecule has 2 saturated carbocycles. The molecule has 2 N–H and O–H groups in total. The van der Waals surface area contributed by atoms with Crippen LogP contribution in [0.1, 0.15) is 44.6 Å². The Morgan fingerprint density at radius 2 is 1.92 bits per heavy atom. The van der Waals surface area contributed by atoms with Gasteiger partial charge in [0.2, 0.25) is 0 Å². The van der Waals surface area contributed by atoms with Gasteiger partial charge in [-0.2, -0.15) is 0 Å². The molecule has 1 aromatic carbocycles. The van der Waals surface area contributed by atoms with Gasteiger partial charge in [0, 0.05) is 37.6 Å². The molecule has 0 saturated heterocycles. The largest absolute Gasteiger partial charge is 0.356 e. The lowest BCUT2D eigenvalue weighted by Crippen LogP contribution is -2.51. The fourth-order valence-electron chi connectivity index (χ4n) is 3.67. The van der Waals surface area contributed by atoms with Crippen LogP contribution < -0.4 is 10.6 Å². The maximum absolute atomic E-state index is 4.41. The van der Waals surface area contributed by atoms with Gasteiger partial charge in [0.05, 0.1) is 0 Å². The van der Waals surface area contributed by atoms with Crippen molar-refractivity contribution in [1.29, 1.82) is 0 Å². The average Bonchev–Trinajstić information content (AvgIpc) is 3.41. The maximum atomic E-state index is 4.41. The molecule has 140 valence electrons. The second-order valence-corrected chi connectivity index (χ2v) is 7.55. The second kappa shape index (κ2) is 9.21. The lowest BCUT2D eigenvalue weighted by atomic mass is 9.64. The molecule has 1 unspecified atom stereocenters. The summed E-state index contributed by atoms with van der Waals surface area (Å²) in [6.45, 7) is 4.19. The highest BCUT2D eigenvalue weighted by molar-refractivity contribution is 14.0. The quantitative estimate of drug-likeness (QED) is 0.376. The molecule has 0 aromatic heterocycles. The number of hydrogen-bond acceptors (Lipinski definition) is 2. The minimum absolute atomic E-state index is 0. The van der Waals surface area contributed by atoms with Crippen LogP contribution in [0, 0.1) is 0 Å². The zero-order valence-corrected chi connectivity index (χ0v) is 18.1. The maximum Gasteiger partial charge on any atom is 0.191 e. The number of guanidine groups is 1. The van der Waals surface area contributed by atoms with Crippen LogP contribution in [0.15, 0.2) is 35.3 Å². The Morgan fingerprint density at radius 3 is 2.44 bits per heavy atom. The summed E-state index contributed by atoms with van der Waals surface area (Å²) in [7, 11) is 4.10. The molecule has 0 radical (unpaired) electrons. The number of halogens is 1. The molecule has 4 nitrogen and oxygen atoms in total. The second-order valence-electron chi connectivity index (χ2n) is 7.55. The van der Waals surface area contributed by atoms with E-state index >= 15 is 0 Å². The van der Waals surface area contributed by atoms with Crippen molar-refractivity contribution in [1.82, 2.24) is 15.5 Å². The first-order chi connectivity index (χ1) is 11.6. The third kappa shape index (κ3) is 5.09. The van der Waals surface area contributed by atoms with Gasteiger partial charge in [-0.15, -0.1) is 24.0 Å². The Bertz CT molecular complexity index is 552. The monoisotopic (exact) mass is 456 g/mol. The molecule has 0 bridgehead atoms. The predicted molar refractivity (Wildman–Crippen MR) is 117 cm³/mol. The van der Waals surface area contributed by atoms with Crippen molar-refractivity contribution in [2.75, 3.05) is 27.2 Å². The third-order valence-electron chi connectivity index (χ3n) is 5.90. The Balaban J connectivity index is 0.00000225. The van der Waals surface area contributed by atoms with Crippen LogP contribution in [0.3, 0.4) is 0 Å². The van der Waals surface area contributed by atoms with E-state index in [0.717, 1.165) is 25.1 Å². The van der Waals surface area contributed by atoms with Crippen LogP contribution in [0.4, 0.5) is 0 Å². The van der Waals surface area contributed by atoms with Crippen molar-refractivity contribution in [2.45, 2.75) is 56.5 Å². The Morgan fingerprint density at radius 1 is 1.24 bits per heavy atom. The molecule has 3 rings (SSSR count). The first kappa shape index (κ1) is 20.5. The number of likely N-dealkylation sites (N-methyl/N-ethyl adjacent to an activating group) is 1. The van der Waals surface area contributed by atoms with E-state index in [1.807, 2.05) is 7.05 Å². The van der Waals surface area contributed by atoms with E-state index in [1.165, 1.54) is 37.7 Å². The van der Waals surface area contributed by atoms with Gasteiger partial charge in [0.15, 0.2) is 5.96 Å². The van der Waals surface area contributed by atoms with Gasteiger partial charge in [0.1, 0.15) is 0 Å². The highest BCUT2D eigenvalue weighted by atomic mass is 127. The highest BCUT2D eigenvalue weighted by Crippen LogP contribution is 2.43. The zero-order valence-electron chi connectivity index (χ0n) is 15.8. The van der Waals surface area contributed by atoms with E-state index in [4.69, 9.17) is 0 Å². The van der Waals surface area contributed by atoms with Crippen LogP contribution in [0.25, 0.3) is 0 Å². The molecule has 0 amide bonds. The fraction of sp³-hybridized carbons (Fsp3) is 0.650. The lowest BCUT2D eigenvalue weighted by Gasteiger charge is -2.43. The van der Waals surface area contributed by atoms with E-state index in [9.17, 15) is 0 Å². The molecule has 0 heterocycles. The van der Waals surface area contributed by atoms with Crippen LogP contribution in [0.2, 0.25) is 0 Å². The molecule has 2 aliphatic carbocycles. The van der Waals surface area contributed by atoms with Crippen molar-refractivity contribution in [2.24, 2.45) is 4.99 Å². The zero-order chi connectivity index (χ0) is 17.0. The number of rotatable bonds is 7. The Hall–Kier alpha value is -0.820. The standard InChI is InChI=1S/C20H32N4.HI/c1-16(24(3)18-10-11-18)14-22-19(21-2)23-15-20(12-7-13-20)17-8-5-4-6-9-17;/h4-6,8-9,16,18H,7,10-15H2,1-3H3,(H2,21,22,23);1H. The molecule has 2 fully saturated rings. The fourth-order valence-corrected chi connectivity index (χ4v) is 3.67. The Labute approximate surface area is 169 Å². The van der Waals surface area contributed by atoms with E-state index in [1.54, 1.807) is 0 Å². The van der Waals surface area contributed by atoms with Gasteiger partial charge in [-0.3, -0.25) is 9.89 Å². The molecule has 5 heteroatoms. The van der Waals surface area contributed by atoms with E-state index in [0.29, 0.717) is 6.04 Å². The molecular weight excluding hydrogens is 423 g/mol. The van der Waals surface area contributed by atoms with Gasteiger partial charge < -0.3 is 10.6 Å². The summed E-state index contributed by atoms with van der Waals surface area (Å²) in [5.41, 5.74) is 1.75. The number of hydrogen-bond donors (Lipinski definition) is 2. The highest BCUT2D eigenvalue weighted by Gasteiger charge is 2.38. The summed E-state index contributed by atoms with van der Waals surface area (Å²) in [5.74, 6) is 0.924. The van der Waals surface area contributed by atoms with Gasteiger partial charge >= 0.3 is 0 Å². The van der Waals surface area contributed by atoms with Crippen molar-refractivity contribution in [3.63, 3.8) is 0 Å². The van der Waals surface area contributed by atoms with Crippen molar-refractivity contribution in [3.8, 4) is 0 Å². The summed E-state index contributed by atoms with van der Waals surface area (Å²) < 4.78 is 0. The van der Waals surface area contributed by atoms with Gasteiger partial charge in [0.25, 0.3) is 0 Å². The van der Waals surface area contributed by atoms with Crippen molar-refractivity contribution in [3.05, 3.63) is 35.9 Å². The molecule has 25 heavy (non-hydrogen) atoms.